The van der Waals surface area contributed by atoms with E-state index in [4.69, 9.17) is 13.9 Å². The Hall–Kier alpha value is -5.06. The van der Waals surface area contributed by atoms with Crippen molar-refractivity contribution in [3.8, 4) is 23.0 Å². The van der Waals surface area contributed by atoms with E-state index < -0.39 is 29.5 Å². The molecule has 3 aromatic carbocycles. The number of rotatable bonds is 14. The molecule has 4 aromatic rings. The molecule has 0 radical (unpaired) electrons. The fourth-order valence-corrected chi connectivity index (χ4v) is 4.47. The van der Waals surface area contributed by atoms with Gasteiger partial charge in [0.05, 0.1) is 25.0 Å². The van der Waals surface area contributed by atoms with Gasteiger partial charge in [-0.25, -0.2) is 9.78 Å². The number of halogens is 3. The van der Waals surface area contributed by atoms with Gasteiger partial charge in [-0.15, -0.1) is 0 Å². The van der Waals surface area contributed by atoms with Crippen molar-refractivity contribution in [3.05, 3.63) is 113 Å². The molecule has 0 saturated heterocycles. The number of hydrogen-bond donors (Lipinski definition) is 2. The Bertz CT molecular complexity index is 1630. The van der Waals surface area contributed by atoms with Crippen molar-refractivity contribution in [2.24, 2.45) is 0 Å². The number of allylic oxidation sites excluding steroid dienone is 2. The summed E-state index contributed by atoms with van der Waals surface area (Å²) in [5.74, 6) is 0.913. The van der Waals surface area contributed by atoms with E-state index in [1.807, 2.05) is 31.2 Å². The summed E-state index contributed by atoms with van der Waals surface area (Å²) in [4.78, 5) is 29.2. The molecule has 2 N–H and O–H groups in total. The Morgan fingerprint density at radius 3 is 2.22 bits per heavy atom. The zero-order valence-corrected chi connectivity index (χ0v) is 25.0. The van der Waals surface area contributed by atoms with Crippen LogP contribution in [0.15, 0.2) is 89.0 Å². The molecular weight excluding hydrogens is 589 g/mol. The van der Waals surface area contributed by atoms with Crippen LogP contribution in [0.4, 0.5) is 13.2 Å². The van der Waals surface area contributed by atoms with Crippen LogP contribution in [-0.4, -0.2) is 41.6 Å². The quantitative estimate of drug-likeness (QED) is 0.114. The molecule has 0 fully saturated rings. The van der Waals surface area contributed by atoms with E-state index in [9.17, 15) is 27.9 Å². The number of ether oxygens (including phenoxy) is 2. The third-order valence-corrected chi connectivity index (χ3v) is 7.04. The van der Waals surface area contributed by atoms with E-state index in [0.717, 1.165) is 46.8 Å². The Labute approximate surface area is 258 Å². The minimum Gasteiger partial charge on any atom is -0.497 e. The van der Waals surface area contributed by atoms with Crippen LogP contribution in [0.5, 0.6) is 11.5 Å². The summed E-state index contributed by atoms with van der Waals surface area (Å²) < 4.78 is 55.4. The minimum atomic E-state index is -4.51. The Morgan fingerprint density at radius 1 is 1.00 bits per heavy atom. The van der Waals surface area contributed by atoms with Gasteiger partial charge in [0, 0.05) is 35.7 Å². The summed E-state index contributed by atoms with van der Waals surface area (Å²) in [6, 6.07) is 17.3. The van der Waals surface area contributed by atoms with Gasteiger partial charge in [0.1, 0.15) is 23.3 Å². The van der Waals surface area contributed by atoms with E-state index in [-0.39, 0.29) is 12.0 Å². The predicted octanol–water partition coefficient (Wildman–Crippen LogP) is 7.06. The van der Waals surface area contributed by atoms with Crippen LogP contribution in [0.1, 0.15) is 46.3 Å². The molecule has 0 spiro atoms. The minimum absolute atomic E-state index is 0.0644. The van der Waals surface area contributed by atoms with E-state index in [2.05, 4.69) is 10.3 Å². The second kappa shape index (κ2) is 14.6. The number of benzene rings is 3. The van der Waals surface area contributed by atoms with Gasteiger partial charge in [0.15, 0.2) is 5.78 Å². The van der Waals surface area contributed by atoms with Crippen LogP contribution in [0, 0.1) is 6.92 Å². The molecule has 0 saturated carbocycles. The molecule has 0 amide bonds. The SMILES string of the molecule is CCC(=CC(=O)c1ccc(C(F)(F)F)cc1)N[C@@H](Cc1ccc(OCCc2nc(-c3ccc(OC)cc3)oc2C)cc1)C(=O)O. The molecule has 45 heavy (non-hydrogen) atoms. The van der Waals surface area contributed by atoms with E-state index >= 15 is 0 Å². The molecule has 11 heteroatoms. The second-order valence-electron chi connectivity index (χ2n) is 10.2. The number of carbonyl (C=O) groups excluding carboxylic acids is 1. The monoisotopic (exact) mass is 622 g/mol. The number of alkyl halides is 3. The first-order valence-electron chi connectivity index (χ1n) is 14.2. The lowest BCUT2D eigenvalue weighted by Crippen LogP contribution is -2.38. The van der Waals surface area contributed by atoms with Crippen molar-refractivity contribution in [2.75, 3.05) is 13.7 Å². The zero-order valence-electron chi connectivity index (χ0n) is 25.0. The molecule has 0 aliphatic heterocycles. The van der Waals surface area contributed by atoms with Crippen molar-refractivity contribution >= 4 is 11.8 Å². The fourth-order valence-electron chi connectivity index (χ4n) is 4.47. The molecular formula is C34H33F3N2O6. The van der Waals surface area contributed by atoms with Crippen LogP contribution in [0.25, 0.3) is 11.5 Å². The third-order valence-electron chi connectivity index (χ3n) is 7.04. The molecule has 0 unspecified atom stereocenters. The topological polar surface area (TPSA) is 111 Å². The average Bonchev–Trinajstić information content (AvgIpc) is 3.40. The number of aliphatic carboxylic acids is 1. The number of hydrogen-bond acceptors (Lipinski definition) is 7. The largest absolute Gasteiger partial charge is 0.497 e. The summed E-state index contributed by atoms with van der Waals surface area (Å²) in [6.07, 6.45) is -2.34. The Morgan fingerprint density at radius 2 is 1.64 bits per heavy atom. The maximum atomic E-state index is 12.8. The third kappa shape index (κ3) is 8.98. The molecule has 8 nitrogen and oxygen atoms in total. The molecule has 0 aliphatic rings. The van der Waals surface area contributed by atoms with Gasteiger partial charge in [-0.3, -0.25) is 4.79 Å². The number of nitrogens with zero attached hydrogens (tertiary/aromatic N) is 1. The highest BCUT2D eigenvalue weighted by Gasteiger charge is 2.30. The number of oxazole rings is 1. The number of carbonyl (C=O) groups is 2. The van der Waals surface area contributed by atoms with Crippen molar-refractivity contribution < 1.29 is 41.8 Å². The smallest absolute Gasteiger partial charge is 0.416 e. The molecule has 4 rings (SSSR count). The van der Waals surface area contributed by atoms with Crippen molar-refractivity contribution in [1.29, 1.82) is 0 Å². The summed E-state index contributed by atoms with van der Waals surface area (Å²) in [7, 11) is 1.60. The lowest BCUT2D eigenvalue weighted by atomic mass is 10.0. The number of carboxylic acids is 1. The maximum Gasteiger partial charge on any atom is 0.416 e. The maximum absolute atomic E-state index is 12.8. The predicted molar refractivity (Wildman–Crippen MR) is 161 cm³/mol. The molecule has 1 aromatic heterocycles. The van der Waals surface area contributed by atoms with Gasteiger partial charge >= 0.3 is 12.1 Å². The van der Waals surface area contributed by atoms with Gasteiger partial charge in [-0.05, 0) is 67.4 Å². The van der Waals surface area contributed by atoms with Crippen molar-refractivity contribution in [2.45, 2.75) is 45.3 Å². The van der Waals surface area contributed by atoms with Gasteiger partial charge in [-0.2, -0.15) is 13.2 Å². The van der Waals surface area contributed by atoms with E-state index in [1.54, 1.807) is 38.3 Å². The number of carboxylic acid groups (broad SMARTS) is 1. The molecule has 1 heterocycles. The van der Waals surface area contributed by atoms with Crippen molar-refractivity contribution in [3.63, 3.8) is 0 Å². The zero-order chi connectivity index (χ0) is 32.6. The molecule has 0 aliphatic carbocycles. The van der Waals surface area contributed by atoms with Gasteiger partial charge in [-0.1, -0.05) is 31.2 Å². The summed E-state index contributed by atoms with van der Waals surface area (Å²) in [6.45, 7) is 3.94. The first-order chi connectivity index (χ1) is 21.5. The standard InChI is InChI=1S/C34H33F3N2O6/c1-4-26(20-31(40)23-7-11-25(12-8-23)34(35,36)37)38-30(33(41)42)19-22-5-13-28(14-6-22)44-18-17-29-21(2)45-32(39-29)24-9-15-27(43-3)16-10-24/h5-16,20,30,38H,4,17-19H2,1-3H3,(H,41,42)/t30-/m0/s1. The first-order valence-corrected chi connectivity index (χ1v) is 14.2. The number of ketones is 1. The molecule has 1 atom stereocenters. The highest BCUT2D eigenvalue weighted by Crippen LogP contribution is 2.29. The number of aromatic nitrogens is 1. The Kier molecular flexibility index (Phi) is 10.7. The van der Waals surface area contributed by atoms with Crippen LogP contribution < -0.4 is 14.8 Å². The van der Waals surface area contributed by atoms with Crippen LogP contribution >= 0.6 is 0 Å². The highest BCUT2D eigenvalue weighted by atomic mass is 19.4. The van der Waals surface area contributed by atoms with Crippen LogP contribution in [0.3, 0.4) is 0 Å². The van der Waals surface area contributed by atoms with Gasteiger partial charge < -0.3 is 24.3 Å². The van der Waals surface area contributed by atoms with Crippen LogP contribution in [0.2, 0.25) is 0 Å². The summed E-state index contributed by atoms with van der Waals surface area (Å²) in [5.41, 5.74) is 1.90. The summed E-state index contributed by atoms with van der Waals surface area (Å²) in [5, 5.41) is 12.7. The summed E-state index contributed by atoms with van der Waals surface area (Å²) >= 11 is 0. The van der Waals surface area contributed by atoms with Gasteiger partial charge in [0.25, 0.3) is 0 Å². The molecule has 0 bridgehead atoms. The number of nitrogens with one attached hydrogen (secondary N) is 1. The van der Waals surface area contributed by atoms with Gasteiger partial charge in [0.2, 0.25) is 5.89 Å². The normalized spacial score (nSPS) is 12.4. The number of aryl methyl sites for hydroxylation is 1. The van der Waals surface area contributed by atoms with E-state index in [1.165, 1.54) is 6.08 Å². The second-order valence-corrected chi connectivity index (χ2v) is 10.2. The lowest BCUT2D eigenvalue weighted by molar-refractivity contribution is -0.139. The van der Waals surface area contributed by atoms with Crippen LogP contribution in [-0.2, 0) is 23.8 Å². The van der Waals surface area contributed by atoms with E-state index in [0.29, 0.717) is 42.5 Å². The highest BCUT2D eigenvalue weighted by molar-refractivity contribution is 6.04. The fraction of sp³-hybridized carbons (Fsp3) is 0.265. The van der Waals surface area contributed by atoms with Crippen molar-refractivity contribution in [1.82, 2.24) is 10.3 Å². The first kappa shape index (κ1) is 32.8. The number of methoxy groups -OCH3 is 1. The lowest BCUT2D eigenvalue weighted by Gasteiger charge is -2.18. The Balaban J connectivity index is 1.32. The average molecular weight is 623 g/mol. The molecule has 236 valence electrons.